The Morgan fingerprint density at radius 1 is 0.846 bits per heavy atom. The van der Waals surface area contributed by atoms with Crippen LogP contribution in [0.25, 0.3) is 0 Å². The van der Waals surface area contributed by atoms with Crippen molar-refractivity contribution in [1.82, 2.24) is 4.90 Å². The molecule has 0 saturated carbocycles. The van der Waals surface area contributed by atoms with Crippen molar-refractivity contribution in [2.24, 2.45) is 0 Å². The summed E-state index contributed by atoms with van der Waals surface area (Å²) in [5.41, 5.74) is 1.84. The van der Waals surface area contributed by atoms with Crippen LogP contribution in [0.3, 0.4) is 0 Å². The standard InChI is InChI=1S/C20H20BrN3O2/c21-16-8-4-5-9-17(16)24-19(25)14-18(20(24)26)23-12-10-22(11-13-23)15-6-2-1-3-7-15/h1-9,18H,10-14H2/t18-/m0/s1. The lowest BCUT2D eigenvalue weighted by atomic mass is 10.1. The van der Waals surface area contributed by atoms with Crippen molar-refractivity contribution in [2.45, 2.75) is 12.5 Å². The Labute approximate surface area is 161 Å². The number of carbonyl (C=O) groups excluding carboxylic acids is 2. The number of carbonyl (C=O) groups is 2. The maximum absolute atomic E-state index is 12.9. The Bertz CT molecular complexity index is 819. The van der Waals surface area contributed by atoms with Crippen LogP contribution in [-0.4, -0.2) is 48.9 Å². The molecule has 0 aromatic heterocycles. The summed E-state index contributed by atoms with van der Waals surface area (Å²) in [4.78, 5) is 31.3. The average molecular weight is 414 g/mol. The van der Waals surface area contributed by atoms with E-state index < -0.39 is 0 Å². The van der Waals surface area contributed by atoms with Crippen molar-refractivity contribution in [3.63, 3.8) is 0 Å². The third-order valence-corrected chi connectivity index (χ3v) is 5.76. The fraction of sp³-hybridized carbons (Fsp3) is 0.300. The van der Waals surface area contributed by atoms with Crippen molar-refractivity contribution in [1.29, 1.82) is 0 Å². The molecule has 26 heavy (non-hydrogen) atoms. The molecular formula is C20H20BrN3O2. The fourth-order valence-corrected chi connectivity index (χ4v) is 4.18. The molecule has 2 fully saturated rings. The van der Waals surface area contributed by atoms with E-state index in [1.165, 1.54) is 10.6 Å². The summed E-state index contributed by atoms with van der Waals surface area (Å²) in [6, 6.07) is 17.3. The van der Waals surface area contributed by atoms with Gasteiger partial charge in [-0.1, -0.05) is 30.3 Å². The van der Waals surface area contributed by atoms with Gasteiger partial charge in [0.25, 0.3) is 5.91 Å². The van der Waals surface area contributed by atoms with Crippen LogP contribution >= 0.6 is 15.9 Å². The van der Waals surface area contributed by atoms with Crippen molar-refractivity contribution in [3.8, 4) is 0 Å². The van der Waals surface area contributed by atoms with Gasteiger partial charge >= 0.3 is 0 Å². The minimum atomic E-state index is -0.354. The minimum absolute atomic E-state index is 0.116. The molecule has 0 spiro atoms. The lowest BCUT2D eigenvalue weighted by molar-refractivity contribution is -0.123. The molecule has 0 unspecified atom stereocenters. The van der Waals surface area contributed by atoms with Gasteiger partial charge in [-0.2, -0.15) is 0 Å². The first-order valence-corrected chi connectivity index (χ1v) is 9.60. The molecule has 2 aromatic rings. The molecular weight excluding hydrogens is 394 g/mol. The largest absolute Gasteiger partial charge is 0.369 e. The number of hydrogen-bond donors (Lipinski definition) is 0. The van der Waals surface area contributed by atoms with Gasteiger partial charge in [-0.25, -0.2) is 4.90 Å². The first-order valence-electron chi connectivity index (χ1n) is 8.80. The minimum Gasteiger partial charge on any atom is -0.369 e. The smallest absolute Gasteiger partial charge is 0.251 e. The summed E-state index contributed by atoms with van der Waals surface area (Å²) in [5.74, 6) is -0.243. The highest BCUT2D eigenvalue weighted by Crippen LogP contribution is 2.32. The van der Waals surface area contributed by atoms with E-state index in [-0.39, 0.29) is 24.3 Å². The van der Waals surface area contributed by atoms with Gasteiger partial charge in [-0.3, -0.25) is 14.5 Å². The molecule has 0 N–H and O–H groups in total. The van der Waals surface area contributed by atoms with E-state index in [4.69, 9.17) is 0 Å². The maximum Gasteiger partial charge on any atom is 0.251 e. The molecule has 4 rings (SSSR count). The SMILES string of the molecule is O=C1C[C@H](N2CCN(c3ccccc3)CC2)C(=O)N1c1ccccc1Br. The van der Waals surface area contributed by atoms with Crippen molar-refractivity contribution in [2.75, 3.05) is 36.0 Å². The number of para-hydroxylation sites is 2. The topological polar surface area (TPSA) is 43.9 Å². The number of nitrogens with zero attached hydrogens (tertiary/aromatic N) is 3. The van der Waals surface area contributed by atoms with Crippen molar-refractivity contribution >= 4 is 39.1 Å². The van der Waals surface area contributed by atoms with Gasteiger partial charge in [0.1, 0.15) is 0 Å². The summed E-state index contributed by atoms with van der Waals surface area (Å²) >= 11 is 3.44. The first-order chi connectivity index (χ1) is 12.6. The maximum atomic E-state index is 12.9. The average Bonchev–Trinajstić information content (AvgIpc) is 2.97. The van der Waals surface area contributed by atoms with Crippen LogP contribution in [0.15, 0.2) is 59.1 Å². The second kappa shape index (κ2) is 7.21. The highest BCUT2D eigenvalue weighted by molar-refractivity contribution is 9.10. The molecule has 2 saturated heterocycles. The number of hydrogen-bond acceptors (Lipinski definition) is 4. The van der Waals surface area contributed by atoms with Crippen LogP contribution in [-0.2, 0) is 9.59 Å². The van der Waals surface area contributed by atoms with Crippen LogP contribution < -0.4 is 9.80 Å². The van der Waals surface area contributed by atoms with E-state index in [9.17, 15) is 9.59 Å². The molecule has 2 amide bonds. The highest BCUT2D eigenvalue weighted by atomic mass is 79.9. The number of rotatable bonds is 3. The van der Waals surface area contributed by atoms with Gasteiger partial charge < -0.3 is 4.90 Å². The lowest BCUT2D eigenvalue weighted by Crippen LogP contribution is -2.52. The van der Waals surface area contributed by atoms with Gasteiger partial charge in [0.2, 0.25) is 5.91 Å². The number of halogens is 1. The summed E-state index contributed by atoms with van der Waals surface area (Å²) in [7, 11) is 0. The molecule has 0 radical (unpaired) electrons. The predicted molar refractivity (Wildman–Crippen MR) is 105 cm³/mol. The van der Waals surface area contributed by atoms with Gasteiger partial charge in [-0.05, 0) is 40.2 Å². The molecule has 134 valence electrons. The Morgan fingerprint density at radius 3 is 2.19 bits per heavy atom. The summed E-state index contributed by atoms with van der Waals surface area (Å²) in [6.07, 6.45) is 0.255. The van der Waals surface area contributed by atoms with Crippen LogP contribution in [0.5, 0.6) is 0 Å². The molecule has 1 atom stereocenters. The molecule has 2 aromatic carbocycles. The van der Waals surface area contributed by atoms with Crippen molar-refractivity contribution < 1.29 is 9.59 Å². The van der Waals surface area contributed by atoms with Gasteiger partial charge in [0.05, 0.1) is 18.2 Å². The van der Waals surface area contributed by atoms with Crippen LogP contribution in [0.1, 0.15) is 6.42 Å². The third-order valence-electron chi connectivity index (χ3n) is 5.09. The second-order valence-electron chi connectivity index (χ2n) is 6.60. The second-order valence-corrected chi connectivity index (χ2v) is 7.45. The zero-order valence-corrected chi connectivity index (χ0v) is 15.9. The van der Waals surface area contributed by atoms with E-state index in [0.717, 1.165) is 30.7 Å². The molecule has 2 aliphatic heterocycles. The van der Waals surface area contributed by atoms with Crippen LogP contribution in [0.4, 0.5) is 11.4 Å². The summed E-state index contributed by atoms with van der Waals surface area (Å²) < 4.78 is 0.760. The fourth-order valence-electron chi connectivity index (χ4n) is 3.72. The first kappa shape index (κ1) is 17.2. The van der Waals surface area contributed by atoms with E-state index in [1.54, 1.807) is 6.07 Å². The normalized spacial score (nSPS) is 21.5. The van der Waals surface area contributed by atoms with Crippen LogP contribution in [0.2, 0.25) is 0 Å². The molecule has 5 nitrogen and oxygen atoms in total. The van der Waals surface area contributed by atoms with E-state index in [1.807, 2.05) is 36.4 Å². The third kappa shape index (κ3) is 3.15. The number of benzene rings is 2. The molecule has 2 heterocycles. The summed E-state index contributed by atoms with van der Waals surface area (Å²) in [6.45, 7) is 3.28. The van der Waals surface area contributed by atoms with E-state index in [0.29, 0.717) is 5.69 Å². The van der Waals surface area contributed by atoms with Gasteiger partial charge in [-0.15, -0.1) is 0 Å². The predicted octanol–water partition coefficient (Wildman–Crippen LogP) is 2.90. The van der Waals surface area contributed by atoms with E-state index in [2.05, 4.69) is 37.9 Å². The number of imide groups is 1. The monoisotopic (exact) mass is 413 g/mol. The van der Waals surface area contributed by atoms with Gasteiger partial charge in [0.15, 0.2) is 0 Å². The highest BCUT2D eigenvalue weighted by Gasteiger charge is 2.43. The Morgan fingerprint density at radius 2 is 1.50 bits per heavy atom. The zero-order valence-electron chi connectivity index (χ0n) is 14.3. The lowest BCUT2D eigenvalue weighted by Gasteiger charge is -2.38. The van der Waals surface area contributed by atoms with Crippen LogP contribution in [0, 0.1) is 0 Å². The van der Waals surface area contributed by atoms with E-state index >= 15 is 0 Å². The molecule has 0 aliphatic carbocycles. The summed E-state index contributed by atoms with van der Waals surface area (Å²) in [5, 5.41) is 0. The Balaban J connectivity index is 1.46. The Kier molecular flexibility index (Phi) is 4.78. The molecule has 6 heteroatoms. The quantitative estimate of drug-likeness (QED) is 0.725. The zero-order chi connectivity index (χ0) is 18.1. The Hall–Kier alpha value is -2.18. The number of amides is 2. The van der Waals surface area contributed by atoms with Gasteiger partial charge in [0, 0.05) is 36.3 Å². The van der Waals surface area contributed by atoms with Crippen molar-refractivity contribution in [3.05, 3.63) is 59.1 Å². The number of anilines is 2. The molecule has 2 aliphatic rings. The number of piperazine rings is 1. The molecule has 0 bridgehead atoms.